The van der Waals surface area contributed by atoms with Crippen molar-refractivity contribution < 1.29 is 38.3 Å². The van der Waals surface area contributed by atoms with Gasteiger partial charge in [-0.1, -0.05) is 0 Å². The molecule has 0 fully saturated rings. The van der Waals surface area contributed by atoms with E-state index in [4.69, 9.17) is 23.7 Å². The zero-order chi connectivity index (χ0) is 19.5. The standard InChI is InChI=1S/C17H24N2O8/c1-22-5-6-24-7-8-25-9-10-26-14-4-3-13(20)15(19-14)16-18-12(11-27-16)17(21)23-2/h3-4,12,20H,5-11H2,1-2H3/t12-/m1/s1. The highest BCUT2D eigenvalue weighted by molar-refractivity contribution is 5.98. The van der Waals surface area contributed by atoms with E-state index in [0.717, 1.165) is 0 Å². The number of methoxy groups -OCH3 is 2. The van der Waals surface area contributed by atoms with Crippen molar-refractivity contribution in [1.82, 2.24) is 4.98 Å². The summed E-state index contributed by atoms with van der Waals surface area (Å²) < 4.78 is 31.0. The molecule has 2 rings (SSSR count). The SMILES string of the molecule is COCCOCCOCCOc1ccc(O)c(C2=N[C@@H](C(=O)OC)CO2)n1. The molecular weight excluding hydrogens is 360 g/mol. The van der Waals surface area contributed by atoms with E-state index in [0.29, 0.717) is 33.0 Å². The number of carbonyl (C=O) groups is 1. The molecule has 0 aliphatic carbocycles. The number of pyridine rings is 1. The first-order valence-electron chi connectivity index (χ1n) is 8.41. The summed E-state index contributed by atoms with van der Waals surface area (Å²) in [4.78, 5) is 19.7. The number of aromatic hydroxyl groups is 1. The molecule has 1 atom stereocenters. The number of aromatic nitrogens is 1. The predicted octanol–water partition coefficient (Wildman–Crippen LogP) is 0.164. The van der Waals surface area contributed by atoms with Gasteiger partial charge in [0.2, 0.25) is 11.8 Å². The highest BCUT2D eigenvalue weighted by atomic mass is 16.6. The quantitative estimate of drug-likeness (QED) is 0.397. The molecule has 0 aromatic carbocycles. The average molecular weight is 384 g/mol. The minimum atomic E-state index is -0.768. The van der Waals surface area contributed by atoms with Crippen LogP contribution in [0.25, 0.3) is 0 Å². The number of rotatable bonds is 12. The number of ether oxygens (including phenoxy) is 6. The molecule has 27 heavy (non-hydrogen) atoms. The molecule has 1 aliphatic rings. The van der Waals surface area contributed by atoms with Crippen LogP contribution >= 0.6 is 0 Å². The fourth-order valence-electron chi connectivity index (χ4n) is 2.10. The fraction of sp³-hybridized carbons (Fsp3) is 0.588. The van der Waals surface area contributed by atoms with Gasteiger partial charge in [0.05, 0.1) is 40.1 Å². The Morgan fingerprint density at radius 1 is 1.15 bits per heavy atom. The summed E-state index contributed by atoms with van der Waals surface area (Å²) in [6, 6.07) is 2.16. The maximum atomic E-state index is 11.5. The van der Waals surface area contributed by atoms with Gasteiger partial charge in [-0.3, -0.25) is 0 Å². The Kier molecular flexibility index (Phi) is 8.75. The smallest absolute Gasteiger partial charge is 0.334 e. The van der Waals surface area contributed by atoms with Crippen molar-refractivity contribution >= 4 is 11.9 Å². The molecule has 10 nitrogen and oxygen atoms in total. The third kappa shape index (κ3) is 6.66. The van der Waals surface area contributed by atoms with Crippen molar-refractivity contribution in [2.24, 2.45) is 4.99 Å². The van der Waals surface area contributed by atoms with Crippen LogP contribution in [-0.2, 0) is 28.5 Å². The molecule has 1 N–H and O–H groups in total. The van der Waals surface area contributed by atoms with Crippen LogP contribution in [0.15, 0.2) is 17.1 Å². The molecular formula is C17H24N2O8. The number of nitrogens with zero attached hydrogens (tertiary/aromatic N) is 2. The number of aliphatic imine (C=N–C) groups is 1. The Morgan fingerprint density at radius 2 is 1.85 bits per heavy atom. The van der Waals surface area contributed by atoms with E-state index >= 15 is 0 Å². The minimum absolute atomic E-state index is 0.0362. The van der Waals surface area contributed by atoms with Gasteiger partial charge in [-0.05, 0) is 6.07 Å². The summed E-state index contributed by atoms with van der Waals surface area (Å²) in [5, 5.41) is 9.97. The maximum absolute atomic E-state index is 11.5. The van der Waals surface area contributed by atoms with Crippen LogP contribution < -0.4 is 4.74 Å². The molecule has 0 bridgehead atoms. The molecule has 1 aromatic rings. The summed E-state index contributed by atoms with van der Waals surface area (Å²) in [5.41, 5.74) is 0.103. The normalized spacial score (nSPS) is 15.9. The van der Waals surface area contributed by atoms with Crippen LogP contribution in [0.5, 0.6) is 11.6 Å². The van der Waals surface area contributed by atoms with E-state index in [1.807, 2.05) is 0 Å². The van der Waals surface area contributed by atoms with Crippen molar-refractivity contribution in [1.29, 1.82) is 0 Å². The van der Waals surface area contributed by atoms with Gasteiger partial charge in [0.25, 0.3) is 0 Å². The van der Waals surface area contributed by atoms with Crippen LogP contribution in [0.4, 0.5) is 0 Å². The van der Waals surface area contributed by atoms with Gasteiger partial charge in [0.15, 0.2) is 11.7 Å². The van der Waals surface area contributed by atoms with Crippen molar-refractivity contribution in [3.05, 3.63) is 17.8 Å². The highest BCUT2D eigenvalue weighted by Gasteiger charge is 2.29. The Balaban J connectivity index is 1.77. The van der Waals surface area contributed by atoms with Gasteiger partial charge in [-0.2, -0.15) is 0 Å². The van der Waals surface area contributed by atoms with Crippen LogP contribution in [0.3, 0.4) is 0 Å². The Hall–Kier alpha value is -2.43. The zero-order valence-electron chi connectivity index (χ0n) is 15.4. The maximum Gasteiger partial charge on any atom is 0.334 e. The first-order valence-corrected chi connectivity index (χ1v) is 8.41. The molecule has 0 amide bonds. The first kappa shape index (κ1) is 20.9. The lowest BCUT2D eigenvalue weighted by molar-refractivity contribution is -0.142. The van der Waals surface area contributed by atoms with Crippen LogP contribution in [0, 0.1) is 0 Å². The minimum Gasteiger partial charge on any atom is -0.505 e. The molecule has 0 unspecified atom stereocenters. The second kappa shape index (κ2) is 11.3. The van der Waals surface area contributed by atoms with Crippen LogP contribution in [0.2, 0.25) is 0 Å². The third-order valence-corrected chi connectivity index (χ3v) is 3.46. The molecule has 0 saturated carbocycles. The van der Waals surface area contributed by atoms with Gasteiger partial charge >= 0.3 is 5.97 Å². The monoisotopic (exact) mass is 384 g/mol. The highest BCUT2D eigenvalue weighted by Crippen LogP contribution is 2.23. The predicted molar refractivity (Wildman–Crippen MR) is 93.2 cm³/mol. The van der Waals surface area contributed by atoms with Gasteiger partial charge in [0.1, 0.15) is 19.0 Å². The van der Waals surface area contributed by atoms with E-state index in [1.165, 1.54) is 19.2 Å². The third-order valence-electron chi connectivity index (χ3n) is 3.46. The lowest BCUT2D eigenvalue weighted by Crippen LogP contribution is -2.21. The van der Waals surface area contributed by atoms with Gasteiger partial charge in [0, 0.05) is 13.2 Å². The number of hydrogen-bond acceptors (Lipinski definition) is 10. The van der Waals surface area contributed by atoms with E-state index in [2.05, 4.69) is 14.7 Å². The second-order valence-corrected chi connectivity index (χ2v) is 5.37. The summed E-state index contributed by atoms with van der Waals surface area (Å²) in [5.74, 6) is -0.301. The average Bonchev–Trinajstić information content (AvgIpc) is 3.17. The molecule has 2 heterocycles. The second-order valence-electron chi connectivity index (χ2n) is 5.37. The van der Waals surface area contributed by atoms with Gasteiger partial charge in [-0.25, -0.2) is 14.8 Å². The van der Waals surface area contributed by atoms with Crippen molar-refractivity contribution in [2.45, 2.75) is 6.04 Å². The molecule has 0 radical (unpaired) electrons. The van der Waals surface area contributed by atoms with Gasteiger partial charge in [-0.15, -0.1) is 0 Å². The van der Waals surface area contributed by atoms with E-state index < -0.39 is 12.0 Å². The Bertz CT molecular complexity index is 637. The number of carbonyl (C=O) groups excluding carboxylic acids is 1. The number of hydrogen-bond donors (Lipinski definition) is 1. The Morgan fingerprint density at radius 3 is 2.56 bits per heavy atom. The summed E-state index contributed by atoms with van der Waals surface area (Å²) in [6.07, 6.45) is 0. The molecule has 0 saturated heterocycles. The zero-order valence-corrected chi connectivity index (χ0v) is 15.4. The molecule has 0 spiro atoms. The molecule has 150 valence electrons. The molecule has 10 heteroatoms. The summed E-state index contributed by atoms with van der Waals surface area (Å²) >= 11 is 0. The molecule has 1 aliphatic heterocycles. The summed E-state index contributed by atoms with van der Waals surface area (Å²) in [7, 11) is 2.89. The topological polar surface area (TPSA) is 118 Å². The van der Waals surface area contributed by atoms with Crippen molar-refractivity contribution in [2.75, 3.05) is 60.5 Å². The van der Waals surface area contributed by atoms with Crippen LogP contribution in [0.1, 0.15) is 5.69 Å². The molecule has 1 aromatic heterocycles. The Labute approximate surface area is 157 Å². The first-order chi connectivity index (χ1) is 13.2. The lowest BCUT2D eigenvalue weighted by Gasteiger charge is -2.09. The summed E-state index contributed by atoms with van der Waals surface area (Å²) in [6.45, 7) is 2.66. The fourth-order valence-corrected chi connectivity index (χ4v) is 2.10. The van der Waals surface area contributed by atoms with Crippen molar-refractivity contribution in [3.63, 3.8) is 0 Å². The van der Waals surface area contributed by atoms with Crippen LogP contribution in [-0.4, -0.2) is 88.5 Å². The van der Waals surface area contributed by atoms with Gasteiger partial charge < -0.3 is 33.5 Å². The van der Waals surface area contributed by atoms with E-state index in [9.17, 15) is 9.90 Å². The van der Waals surface area contributed by atoms with Crippen molar-refractivity contribution in [3.8, 4) is 11.6 Å². The van der Waals surface area contributed by atoms with E-state index in [-0.39, 0.29) is 36.4 Å². The van der Waals surface area contributed by atoms with E-state index in [1.54, 1.807) is 7.11 Å². The lowest BCUT2D eigenvalue weighted by atomic mass is 10.3. The number of esters is 1. The largest absolute Gasteiger partial charge is 0.505 e.